The summed E-state index contributed by atoms with van der Waals surface area (Å²) in [4.78, 5) is 17.0. The molecule has 32 heavy (non-hydrogen) atoms. The maximum absolute atomic E-state index is 3.78. The zero-order chi connectivity index (χ0) is 22.6. The minimum atomic E-state index is 1.07. The molecule has 0 amide bonds. The van der Waals surface area contributed by atoms with Gasteiger partial charge in [0.1, 0.15) is 0 Å². The summed E-state index contributed by atoms with van der Waals surface area (Å²) in [5.74, 6) is 0. The SMILES string of the molecule is C1=CNC1.C1=CNCC1.c1cc[nH+]cc1.c1cc[nH]c1.c1ccncc1.c1cnccn1. The number of aromatic amines is 2. The second kappa shape index (κ2) is 23.0. The van der Waals surface area contributed by atoms with Crippen LogP contribution in [-0.4, -0.2) is 33.0 Å². The van der Waals surface area contributed by atoms with Gasteiger partial charge in [-0.15, -0.1) is 0 Å². The molecule has 0 saturated heterocycles. The number of nitrogens with one attached hydrogen (secondary N) is 4. The van der Waals surface area contributed by atoms with Crippen LogP contribution < -0.4 is 15.6 Å². The molecule has 0 fully saturated rings. The van der Waals surface area contributed by atoms with E-state index in [1.165, 1.54) is 6.42 Å². The molecule has 4 aromatic rings. The summed E-state index contributed by atoms with van der Waals surface area (Å²) >= 11 is 0. The van der Waals surface area contributed by atoms with Crippen molar-refractivity contribution in [3.63, 3.8) is 0 Å². The van der Waals surface area contributed by atoms with E-state index in [0.717, 1.165) is 13.1 Å². The Morgan fingerprint density at radius 2 is 1.09 bits per heavy atom. The summed E-state index contributed by atoms with van der Waals surface area (Å²) in [6.45, 7) is 2.21. The molecule has 4 N–H and O–H groups in total. The molecule has 0 aliphatic carbocycles. The van der Waals surface area contributed by atoms with Crippen LogP contribution in [-0.2, 0) is 0 Å². The number of hydrogen-bond acceptors (Lipinski definition) is 5. The van der Waals surface area contributed by atoms with Crippen molar-refractivity contribution in [1.82, 2.24) is 30.6 Å². The highest BCUT2D eigenvalue weighted by Gasteiger charge is 1.81. The zero-order valence-electron chi connectivity index (χ0n) is 18.2. The van der Waals surface area contributed by atoms with Gasteiger partial charge in [0.15, 0.2) is 12.4 Å². The molecular weight excluding hydrogens is 398 g/mol. The topological polar surface area (TPSA) is 92.7 Å². The number of nitrogens with zero attached hydrogens (tertiary/aromatic N) is 3. The van der Waals surface area contributed by atoms with Gasteiger partial charge in [-0.05, 0) is 49.2 Å². The zero-order valence-corrected chi connectivity index (χ0v) is 18.2. The first-order valence-electron chi connectivity index (χ1n) is 10.3. The Kier molecular flexibility index (Phi) is 18.5. The highest BCUT2D eigenvalue weighted by Crippen LogP contribution is 1.84. The highest BCUT2D eigenvalue weighted by atomic mass is 14.9. The van der Waals surface area contributed by atoms with Gasteiger partial charge in [-0.1, -0.05) is 18.2 Å². The quantitative estimate of drug-likeness (QED) is 0.396. The van der Waals surface area contributed by atoms with E-state index in [9.17, 15) is 0 Å². The third-order valence-electron chi connectivity index (χ3n) is 3.31. The molecule has 6 rings (SSSR count). The molecule has 0 atom stereocenters. The lowest BCUT2D eigenvalue weighted by Gasteiger charge is -1.99. The maximum atomic E-state index is 3.78. The lowest BCUT2D eigenvalue weighted by Crippen LogP contribution is -2.12. The minimum Gasteiger partial charge on any atom is -0.391 e. The van der Waals surface area contributed by atoms with Crippen LogP contribution in [0.2, 0.25) is 0 Å². The normalized spacial score (nSPS) is 11.0. The van der Waals surface area contributed by atoms with E-state index < -0.39 is 0 Å². The Morgan fingerprint density at radius 1 is 0.562 bits per heavy atom. The van der Waals surface area contributed by atoms with Gasteiger partial charge in [-0.3, -0.25) is 15.0 Å². The molecule has 2 aliphatic rings. The fourth-order valence-corrected chi connectivity index (χ4v) is 1.72. The molecule has 7 nitrogen and oxygen atoms in total. The number of aromatic nitrogens is 5. The molecule has 0 radical (unpaired) electrons. The average molecular weight is 431 g/mol. The van der Waals surface area contributed by atoms with E-state index in [1.54, 1.807) is 37.2 Å². The molecule has 7 heteroatoms. The van der Waals surface area contributed by atoms with E-state index >= 15 is 0 Å². The van der Waals surface area contributed by atoms with Gasteiger partial charge < -0.3 is 15.6 Å². The van der Waals surface area contributed by atoms with Gasteiger partial charge >= 0.3 is 0 Å². The van der Waals surface area contributed by atoms with Gasteiger partial charge in [0, 0.05) is 74.8 Å². The summed E-state index contributed by atoms with van der Waals surface area (Å²) in [6.07, 6.45) is 26.9. The van der Waals surface area contributed by atoms with Gasteiger partial charge in [0.2, 0.25) is 0 Å². The number of hydrogen-bond donors (Lipinski definition) is 3. The van der Waals surface area contributed by atoms with Crippen molar-refractivity contribution in [1.29, 1.82) is 0 Å². The number of pyridine rings is 2. The van der Waals surface area contributed by atoms with Crippen molar-refractivity contribution in [3.8, 4) is 0 Å². The molecule has 0 aromatic carbocycles. The molecule has 0 spiro atoms. The molecule has 0 saturated carbocycles. The Balaban J connectivity index is 0.000000193. The van der Waals surface area contributed by atoms with Crippen molar-refractivity contribution in [2.75, 3.05) is 13.1 Å². The third kappa shape index (κ3) is 20.5. The van der Waals surface area contributed by atoms with Gasteiger partial charge in [-0.25, -0.2) is 4.98 Å². The number of H-pyrrole nitrogens is 2. The smallest absolute Gasteiger partial charge is 0.166 e. The van der Waals surface area contributed by atoms with Crippen LogP contribution in [0.1, 0.15) is 6.42 Å². The predicted octanol–water partition coefficient (Wildman–Crippen LogP) is 3.67. The Bertz CT molecular complexity index is 668. The Hall–Kier alpha value is -4.26. The van der Waals surface area contributed by atoms with Crippen LogP contribution in [0.5, 0.6) is 0 Å². The van der Waals surface area contributed by atoms with Crippen molar-refractivity contribution in [3.05, 3.63) is 135 Å². The molecule has 166 valence electrons. The highest BCUT2D eigenvalue weighted by molar-refractivity contribution is 4.92. The molecule has 0 unspecified atom stereocenters. The third-order valence-corrected chi connectivity index (χ3v) is 3.31. The van der Waals surface area contributed by atoms with Crippen LogP contribution in [0.25, 0.3) is 0 Å². The molecule has 2 aliphatic heterocycles. The molecular formula is C25H32N7+. The fourth-order valence-electron chi connectivity index (χ4n) is 1.72. The summed E-state index contributed by atoms with van der Waals surface area (Å²) in [5, 5.41) is 5.97. The summed E-state index contributed by atoms with van der Waals surface area (Å²) < 4.78 is 0. The largest absolute Gasteiger partial charge is 0.391 e. The van der Waals surface area contributed by atoms with Crippen LogP contribution in [0.15, 0.2) is 135 Å². The van der Waals surface area contributed by atoms with E-state index in [1.807, 2.05) is 85.7 Å². The van der Waals surface area contributed by atoms with Crippen LogP contribution in [0.3, 0.4) is 0 Å². The minimum absolute atomic E-state index is 1.07. The van der Waals surface area contributed by atoms with Crippen LogP contribution >= 0.6 is 0 Å². The lowest BCUT2D eigenvalue weighted by atomic mass is 10.5. The van der Waals surface area contributed by atoms with E-state index in [2.05, 4.69) is 47.7 Å². The van der Waals surface area contributed by atoms with E-state index in [-0.39, 0.29) is 0 Å². The second-order valence-corrected chi connectivity index (χ2v) is 5.84. The van der Waals surface area contributed by atoms with E-state index in [4.69, 9.17) is 0 Å². The first-order chi connectivity index (χ1) is 16.0. The van der Waals surface area contributed by atoms with Crippen molar-refractivity contribution < 1.29 is 4.98 Å². The van der Waals surface area contributed by atoms with E-state index in [0.29, 0.717) is 0 Å². The number of rotatable bonds is 0. The van der Waals surface area contributed by atoms with Crippen molar-refractivity contribution in [2.24, 2.45) is 0 Å². The monoisotopic (exact) mass is 430 g/mol. The summed E-state index contributed by atoms with van der Waals surface area (Å²) in [7, 11) is 0. The summed E-state index contributed by atoms with van der Waals surface area (Å²) in [5.41, 5.74) is 0. The second-order valence-electron chi connectivity index (χ2n) is 5.84. The average Bonchev–Trinajstić information content (AvgIpc) is 3.62. The Morgan fingerprint density at radius 3 is 1.25 bits per heavy atom. The standard InChI is InChI=1S/2C5H5N.C4H4N2.C4H7N.C4H5N.C3H5N/c2*1-2-4-6-5-3-1;1-2-6-4-3-5-1;2*1-2-4-5-3-1;1-2-4-3-1/h2*1-5H;1-4H;1,3,5H,2,4H2;1-5H;1-2,4H,3H2/p+1. The van der Waals surface area contributed by atoms with Gasteiger partial charge in [0.05, 0.1) is 0 Å². The van der Waals surface area contributed by atoms with Gasteiger partial charge in [0.25, 0.3) is 0 Å². The van der Waals surface area contributed by atoms with Crippen molar-refractivity contribution >= 4 is 0 Å². The van der Waals surface area contributed by atoms with Crippen molar-refractivity contribution in [2.45, 2.75) is 6.42 Å². The molecule has 0 bridgehead atoms. The van der Waals surface area contributed by atoms with Crippen LogP contribution in [0.4, 0.5) is 0 Å². The first-order valence-corrected chi connectivity index (χ1v) is 10.3. The first kappa shape index (κ1) is 25.8. The molecule has 6 heterocycles. The predicted molar refractivity (Wildman–Crippen MR) is 129 cm³/mol. The lowest BCUT2D eigenvalue weighted by molar-refractivity contribution is -0.377. The molecule has 4 aromatic heterocycles. The fraction of sp³-hybridized carbons (Fsp3) is 0.120. The summed E-state index contributed by atoms with van der Waals surface area (Å²) in [6, 6.07) is 15.5. The van der Waals surface area contributed by atoms with Crippen LogP contribution in [0, 0.1) is 0 Å². The Labute approximate surface area is 190 Å². The maximum Gasteiger partial charge on any atom is 0.166 e. The van der Waals surface area contributed by atoms with Gasteiger partial charge in [-0.2, -0.15) is 0 Å².